The minimum atomic E-state index is -4.58. The number of benzene rings is 2. The van der Waals surface area contributed by atoms with Crippen molar-refractivity contribution in [3.05, 3.63) is 59.2 Å². The fourth-order valence-electron chi connectivity index (χ4n) is 5.20. The van der Waals surface area contributed by atoms with Crippen molar-refractivity contribution in [3.63, 3.8) is 0 Å². The Kier molecular flexibility index (Phi) is 9.46. The SMILES string of the molecule is N#Cc1ccc(N2CCC(NC(=S)CCCN3CCN(c4ccc(C(F)(F)F)cc4)CC3)CC2)cc1C(F)(F)F. The van der Waals surface area contributed by atoms with Crippen LogP contribution in [0.15, 0.2) is 42.5 Å². The lowest BCUT2D eigenvalue weighted by molar-refractivity contribution is -0.138. The molecule has 216 valence electrons. The molecule has 0 spiro atoms. The summed E-state index contributed by atoms with van der Waals surface area (Å²) in [6.07, 6.45) is -5.80. The van der Waals surface area contributed by atoms with Crippen molar-refractivity contribution in [2.24, 2.45) is 0 Å². The second kappa shape index (κ2) is 12.6. The average Bonchev–Trinajstić information content (AvgIpc) is 2.92. The summed E-state index contributed by atoms with van der Waals surface area (Å²) in [5.74, 6) is 0. The molecule has 2 fully saturated rings. The van der Waals surface area contributed by atoms with Gasteiger partial charge in [0, 0.05) is 56.7 Å². The van der Waals surface area contributed by atoms with Gasteiger partial charge in [-0.3, -0.25) is 4.90 Å². The maximum atomic E-state index is 13.3. The molecule has 0 radical (unpaired) electrons. The number of anilines is 2. The van der Waals surface area contributed by atoms with Gasteiger partial charge in [-0.05, 0) is 74.7 Å². The monoisotopic (exact) mass is 583 g/mol. The molecule has 2 heterocycles. The number of halogens is 6. The van der Waals surface area contributed by atoms with Crippen LogP contribution in [-0.2, 0) is 12.4 Å². The van der Waals surface area contributed by atoms with E-state index in [0.717, 1.165) is 87.3 Å². The van der Waals surface area contributed by atoms with Crippen molar-refractivity contribution in [2.75, 3.05) is 55.6 Å². The molecule has 0 atom stereocenters. The topological polar surface area (TPSA) is 45.5 Å². The molecule has 2 aromatic carbocycles. The molecule has 2 aliphatic heterocycles. The first-order chi connectivity index (χ1) is 18.9. The van der Waals surface area contributed by atoms with E-state index < -0.39 is 23.5 Å². The van der Waals surface area contributed by atoms with Crippen molar-refractivity contribution >= 4 is 28.6 Å². The van der Waals surface area contributed by atoms with Crippen molar-refractivity contribution < 1.29 is 26.3 Å². The Balaban J connectivity index is 1.15. The predicted molar refractivity (Wildman–Crippen MR) is 146 cm³/mol. The van der Waals surface area contributed by atoms with Crippen LogP contribution in [0.25, 0.3) is 0 Å². The van der Waals surface area contributed by atoms with Crippen LogP contribution < -0.4 is 15.1 Å². The van der Waals surface area contributed by atoms with Crippen LogP contribution in [0.3, 0.4) is 0 Å². The molecular weight excluding hydrogens is 552 g/mol. The first kappa shape index (κ1) is 29.9. The Morgan fingerprint density at radius 1 is 0.850 bits per heavy atom. The molecule has 0 saturated carbocycles. The third-order valence-corrected chi connectivity index (χ3v) is 7.79. The van der Waals surface area contributed by atoms with E-state index in [1.54, 1.807) is 12.1 Å². The summed E-state index contributed by atoms with van der Waals surface area (Å²) in [5, 5.41) is 12.4. The highest BCUT2D eigenvalue weighted by Gasteiger charge is 2.34. The van der Waals surface area contributed by atoms with E-state index in [9.17, 15) is 26.3 Å². The molecule has 12 heteroatoms. The molecule has 2 aromatic rings. The van der Waals surface area contributed by atoms with Crippen molar-refractivity contribution in [1.29, 1.82) is 5.26 Å². The molecule has 0 amide bonds. The van der Waals surface area contributed by atoms with Gasteiger partial charge in [-0.25, -0.2) is 0 Å². The van der Waals surface area contributed by atoms with Gasteiger partial charge in [0.2, 0.25) is 0 Å². The van der Waals surface area contributed by atoms with Gasteiger partial charge in [-0.1, -0.05) is 12.2 Å². The van der Waals surface area contributed by atoms with Crippen molar-refractivity contribution in [3.8, 4) is 6.07 Å². The fraction of sp³-hybridized carbons (Fsp3) is 0.500. The first-order valence-electron chi connectivity index (χ1n) is 13.2. The van der Waals surface area contributed by atoms with Gasteiger partial charge >= 0.3 is 12.4 Å². The number of hydrogen-bond acceptors (Lipinski definition) is 5. The standard InChI is InChI=1S/C28H31F6N5S/c29-27(30,31)21-4-7-23(8-5-21)39-16-14-37(15-17-39)11-1-2-26(40)36-22-9-12-38(13-10-22)24-6-3-20(19-35)25(18-24)28(32,33)34/h3-8,18,22H,1-2,9-17H2,(H,36,40). The van der Waals surface area contributed by atoms with Gasteiger partial charge in [0.15, 0.2) is 0 Å². The van der Waals surface area contributed by atoms with Crippen LogP contribution in [0.2, 0.25) is 0 Å². The summed E-state index contributed by atoms with van der Waals surface area (Å²) in [4.78, 5) is 7.10. The van der Waals surface area contributed by atoms with Gasteiger partial charge in [-0.2, -0.15) is 31.6 Å². The predicted octanol–water partition coefficient (Wildman–Crippen LogP) is 6.08. The number of piperidine rings is 1. The molecule has 1 N–H and O–H groups in total. The van der Waals surface area contributed by atoms with Gasteiger partial charge in [0.05, 0.1) is 27.7 Å². The molecular formula is C28H31F6N5S. The minimum Gasteiger partial charge on any atom is -0.377 e. The van der Waals surface area contributed by atoms with Crippen LogP contribution >= 0.6 is 12.2 Å². The number of nitrogens with one attached hydrogen (secondary N) is 1. The Bertz CT molecular complexity index is 1190. The molecule has 0 unspecified atom stereocenters. The fourth-order valence-corrected chi connectivity index (χ4v) is 5.51. The lowest BCUT2D eigenvalue weighted by atomic mass is 10.0. The number of nitriles is 1. The summed E-state index contributed by atoms with van der Waals surface area (Å²) in [5.41, 5.74) is -0.667. The number of thiocarbonyl (C=S) groups is 1. The van der Waals surface area contributed by atoms with Crippen LogP contribution in [0.4, 0.5) is 37.7 Å². The number of nitrogens with zero attached hydrogens (tertiary/aromatic N) is 4. The Morgan fingerprint density at radius 3 is 2.02 bits per heavy atom. The van der Waals surface area contributed by atoms with Crippen LogP contribution in [-0.4, -0.2) is 61.7 Å². The maximum Gasteiger partial charge on any atom is 0.417 e. The molecule has 0 aromatic heterocycles. The van der Waals surface area contributed by atoms with E-state index in [2.05, 4.69) is 15.1 Å². The summed E-state index contributed by atoms with van der Waals surface area (Å²) >= 11 is 5.54. The molecule has 4 rings (SSSR count). The number of hydrogen-bond donors (Lipinski definition) is 1. The quantitative estimate of drug-likeness (QED) is 0.315. The van der Waals surface area contributed by atoms with Gasteiger partial charge in [0.25, 0.3) is 0 Å². The van der Waals surface area contributed by atoms with E-state index in [1.807, 2.05) is 4.90 Å². The molecule has 40 heavy (non-hydrogen) atoms. The summed E-state index contributed by atoms with van der Waals surface area (Å²) in [6, 6.07) is 10.9. The van der Waals surface area contributed by atoms with Crippen LogP contribution in [0.5, 0.6) is 0 Å². The Labute approximate surface area is 235 Å². The second-order valence-corrected chi connectivity index (χ2v) is 10.6. The smallest absolute Gasteiger partial charge is 0.377 e. The molecule has 2 aliphatic rings. The third-order valence-electron chi connectivity index (χ3n) is 7.46. The molecule has 2 saturated heterocycles. The largest absolute Gasteiger partial charge is 0.417 e. The van der Waals surface area contributed by atoms with E-state index >= 15 is 0 Å². The van der Waals surface area contributed by atoms with Gasteiger partial charge < -0.3 is 15.1 Å². The van der Waals surface area contributed by atoms with E-state index in [1.165, 1.54) is 18.2 Å². The van der Waals surface area contributed by atoms with Gasteiger partial charge in [0.1, 0.15) is 0 Å². The lowest BCUT2D eigenvalue weighted by Crippen LogP contribution is -2.47. The zero-order valence-electron chi connectivity index (χ0n) is 21.9. The number of alkyl halides is 6. The summed E-state index contributed by atoms with van der Waals surface area (Å²) in [7, 11) is 0. The molecule has 5 nitrogen and oxygen atoms in total. The van der Waals surface area contributed by atoms with Crippen LogP contribution in [0.1, 0.15) is 42.4 Å². The van der Waals surface area contributed by atoms with E-state index in [0.29, 0.717) is 18.8 Å². The zero-order chi connectivity index (χ0) is 28.9. The zero-order valence-corrected chi connectivity index (χ0v) is 22.7. The van der Waals surface area contributed by atoms with E-state index in [-0.39, 0.29) is 11.6 Å². The molecule has 0 bridgehead atoms. The highest BCUT2D eigenvalue weighted by Crippen LogP contribution is 2.35. The average molecular weight is 584 g/mol. The Morgan fingerprint density at radius 2 is 1.45 bits per heavy atom. The third kappa shape index (κ3) is 7.79. The van der Waals surface area contributed by atoms with Crippen molar-refractivity contribution in [1.82, 2.24) is 10.2 Å². The van der Waals surface area contributed by atoms with E-state index in [4.69, 9.17) is 17.5 Å². The highest BCUT2D eigenvalue weighted by molar-refractivity contribution is 7.80. The maximum absolute atomic E-state index is 13.3. The number of rotatable bonds is 7. The highest BCUT2D eigenvalue weighted by atomic mass is 32.1. The minimum absolute atomic E-state index is 0.163. The summed E-state index contributed by atoms with van der Waals surface area (Å²) < 4.78 is 78.3. The number of piperazine rings is 1. The normalized spacial score (nSPS) is 17.5. The van der Waals surface area contributed by atoms with Crippen LogP contribution in [0, 0.1) is 11.3 Å². The lowest BCUT2D eigenvalue weighted by Gasteiger charge is -2.36. The Hall–Kier alpha value is -3.04. The van der Waals surface area contributed by atoms with Gasteiger partial charge in [-0.15, -0.1) is 0 Å². The first-order valence-corrected chi connectivity index (χ1v) is 13.6. The summed E-state index contributed by atoms with van der Waals surface area (Å²) in [6.45, 7) is 5.20. The molecule has 0 aliphatic carbocycles. The van der Waals surface area contributed by atoms with Crippen molar-refractivity contribution in [2.45, 2.75) is 44.1 Å². The second-order valence-electron chi connectivity index (χ2n) is 10.1.